The van der Waals surface area contributed by atoms with Crippen molar-refractivity contribution < 1.29 is 0 Å². The van der Waals surface area contributed by atoms with Gasteiger partial charge < -0.3 is 0 Å². The first kappa shape index (κ1) is 20.2. The van der Waals surface area contributed by atoms with Gasteiger partial charge in [-0.3, -0.25) is 0 Å². The molecule has 0 aliphatic carbocycles. The van der Waals surface area contributed by atoms with E-state index in [0.29, 0.717) is 0 Å². The van der Waals surface area contributed by atoms with Gasteiger partial charge >= 0.3 is 0 Å². The zero-order chi connectivity index (χ0) is 24.8. The minimum absolute atomic E-state index is 1.28. The maximum atomic E-state index is 2.46. The van der Waals surface area contributed by atoms with Crippen molar-refractivity contribution in [2.24, 2.45) is 0 Å². The summed E-state index contributed by atoms with van der Waals surface area (Å²) in [6, 6.07) is 49.6. The third-order valence-electron chi connectivity index (χ3n) is 8.57. The third kappa shape index (κ3) is 2.59. The summed E-state index contributed by atoms with van der Waals surface area (Å²) < 4.78 is 0. The van der Waals surface area contributed by atoms with E-state index >= 15 is 0 Å². The fourth-order valence-corrected chi connectivity index (χ4v) is 6.86. The Bertz CT molecular complexity index is 2440. The number of rotatable bonds is 0. The van der Waals surface area contributed by atoms with Crippen molar-refractivity contribution >= 4 is 86.2 Å². The second-order valence-electron chi connectivity index (χ2n) is 10.5. The molecule has 0 aliphatic heterocycles. The van der Waals surface area contributed by atoms with E-state index in [9.17, 15) is 0 Å². The first-order valence-corrected chi connectivity index (χ1v) is 13.3. The molecule has 174 valence electrons. The second kappa shape index (κ2) is 7.31. The van der Waals surface area contributed by atoms with Crippen LogP contribution in [0.4, 0.5) is 0 Å². The average molecular weight is 479 g/mol. The molecule has 0 spiro atoms. The van der Waals surface area contributed by atoms with E-state index < -0.39 is 0 Å². The van der Waals surface area contributed by atoms with E-state index in [1.807, 2.05) is 0 Å². The SMILES string of the molecule is c1ccc2c(c1)ccc1c3cc4c(cc3ccc21)c1ccc2ccccc2c1c1ccc2ccccc2c41. The Balaban J connectivity index is 1.58. The van der Waals surface area contributed by atoms with Crippen LogP contribution in [0.15, 0.2) is 133 Å². The lowest BCUT2D eigenvalue weighted by Gasteiger charge is -2.16. The minimum atomic E-state index is 1.28. The van der Waals surface area contributed by atoms with Gasteiger partial charge in [0.1, 0.15) is 0 Å². The number of fused-ring (bicyclic) bond motifs is 15. The first-order valence-electron chi connectivity index (χ1n) is 13.3. The number of hydrogen-bond donors (Lipinski definition) is 0. The minimum Gasteiger partial charge on any atom is -0.0616 e. The van der Waals surface area contributed by atoms with E-state index in [0.717, 1.165) is 0 Å². The van der Waals surface area contributed by atoms with Gasteiger partial charge in [0.05, 0.1) is 0 Å². The zero-order valence-corrected chi connectivity index (χ0v) is 20.7. The number of benzene rings is 9. The molecule has 0 amide bonds. The van der Waals surface area contributed by atoms with Gasteiger partial charge in [0.15, 0.2) is 0 Å². The van der Waals surface area contributed by atoms with Crippen molar-refractivity contribution in [2.45, 2.75) is 0 Å². The number of hydrogen-bond acceptors (Lipinski definition) is 0. The van der Waals surface area contributed by atoms with E-state index in [-0.39, 0.29) is 0 Å². The Hall–Kier alpha value is -4.94. The molecule has 0 atom stereocenters. The first-order chi connectivity index (χ1) is 18.8. The van der Waals surface area contributed by atoms with Crippen LogP contribution in [0.2, 0.25) is 0 Å². The van der Waals surface area contributed by atoms with Crippen molar-refractivity contribution in [3.8, 4) is 0 Å². The lowest BCUT2D eigenvalue weighted by molar-refractivity contribution is 1.78. The van der Waals surface area contributed by atoms with Gasteiger partial charge in [-0.05, 0) is 98.3 Å². The molecule has 0 heteroatoms. The molecule has 0 saturated carbocycles. The molecular formula is C38H22. The van der Waals surface area contributed by atoms with Crippen LogP contribution >= 0.6 is 0 Å². The average Bonchev–Trinajstić information content (AvgIpc) is 2.99. The molecule has 0 heterocycles. The normalized spacial score (nSPS) is 12.2. The van der Waals surface area contributed by atoms with Crippen LogP contribution in [0.5, 0.6) is 0 Å². The fraction of sp³-hybridized carbons (Fsp3) is 0. The van der Waals surface area contributed by atoms with Crippen molar-refractivity contribution in [3.63, 3.8) is 0 Å². The molecule has 0 radical (unpaired) electrons. The van der Waals surface area contributed by atoms with Crippen LogP contribution in [0, 0.1) is 0 Å². The Kier molecular flexibility index (Phi) is 3.88. The van der Waals surface area contributed by atoms with Gasteiger partial charge in [-0.15, -0.1) is 0 Å². The highest BCUT2D eigenvalue weighted by atomic mass is 14.2. The predicted molar refractivity (Wildman–Crippen MR) is 166 cm³/mol. The van der Waals surface area contributed by atoms with E-state index in [1.165, 1.54) is 86.2 Å². The highest BCUT2D eigenvalue weighted by Crippen LogP contribution is 2.44. The predicted octanol–water partition coefficient (Wildman–Crippen LogP) is 10.9. The fourth-order valence-electron chi connectivity index (χ4n) is 6.86. The highest BCUT2D eigenvalue weighted by molar-refractivity contribution is 6.37. The van der Waals surface area contributed by atoms with Crippen molar-refractivity contribution in [1.29, 1.82) is 0 Å². The summed E-state index contributed by atoms with van der Waals surface area (Å²) in [6.07, 6.45) is 0. The maximum absolute atomic E-state index is 2.46. The lowest BCUT2D eigenvalue weighted by Crippen LogP contribution is -1.88. The summed E-state index contributed by atoms with van der Waals surface area (Å²) in [5.41, 5.74) is 0. The molecule has 0 aliphatic rings. The maximum Gasteiger partial charge on any atom is -0.00199 e. The van der Waals surface area contributed by atoms with Crippen LogP contribution in [0.3, 0.4) is 0 Å². The molecule has 0 aromatic heterocycles. The van der Waals surface area contributed by atoms with E-state index in [1.54, 1.807) is 0 Å². The molecular weight excluding hydrogens is 456 g/mol. The van der Waals surface area contributed by atoms with Crippen LogP contribution in [0.25, 0.3) is 86.2 Å². The van der Waals surface area contributed by atoms with Crippen molar-refractivity contribution in [3.05, 3.63) is 133 Å². The van der Waals surface area contributed by atoms with Crippen LogP contribution in [-0.4, -0.2) is 0 Å². The summed E-state index contributed by atoms with van der Waals surface area (Å²) in [4.78, 5) is 0. The molecule has 0 saturated heterocycles. The van der Waals surface area contributed by atoms with Gasteiger partial charge in [0, 0.05) is 0 Å². The van der Waals surface area contributed by atoms with Gasteiger partial charge in [-0.1, -0.05) is 121 Å². The largest absolute Gasteiger partial charge is 0.0616 e. The molecule has 9 aromatic carbocycles. The Morgan fingerprint density at radius 1 is 0.211 bits per heavy atom. The summed E-state index contributed by atoms with van der Waals surface area (Å²) >= 11 is 0. The molecule has 9 aromatic rings. The summed E-state index contributed by atoms with van der Waals surface area (Å²) in [7, 11) is 0. The quantitative estimate of drug-likeness (QED) is 0.150. The molecule has 9 rings (SSSR count). The Morgan fingerprint density at radius 3 is 1.37 bits per heavy atom. The molecule has 0 N–H and O–H groups in total. The molecule has 38 heavy (non-hydrogen) atoms. The topological polar surface area (TPSA) is 0 Å². The molecule has 0 unspecified atom stereocenters. The second-order valence-corrected chi connectivity index (χ2v) is 10.5. The van der Waals surface area contributed by atoms with Gasteiger partial charge in [0.2, 0.25) is 0 Å². The van der Waals surface area contributed by atoms with Gasteiger partial charge in [0.25, 0.3) is 0 Å². The monoisotopic (exact) mass is 478 g/mol. The van der Waals surface area contributed by atoms with E-state index in [2.05, 4.69) is 133 Å². The van der Waals surface area contributed by atoms with Crippen LogP contribution in [-0.2, 0) is 0 Å². The van der Waals surface area contributed by atoms with Crippen LogP contribution in [0.1, 0.15) is 0 Å². The molecule has 0 nitrogen and oxygen atoms in total. The Morgan fingerprint density at radius 2 is 0.684 bits per heavy atom. The smallest absolute Gasteiger partial charge is 0.00199 e. The lowest BCUT2D eigenvalue weighted by atomic mass is 9.87. The van der Waals surface area contributed by atoms with E-state index in [4.69, 9.17) is 0 Å². The standard InChI is InChI=1S/C38H22/c1-4-10-27-23(7-1)13-17-31-30(27)18-16-26-21-35-32-19-14-24-8-2-5-11-28(24)37(32)33-20-15-25-9-3-6-12-29(25)38(33)36(35)22-34(26)31/h1-22H. The molecule has 0 fully saturated rings. The van der Waals surface area contributed by atoms with Crippen LogP contribution < -0.4 is 0 Å². The zero-order valence-electron chi connectivity index (χ0n) is 20.7. The summed E-state index contributed by atoms with van der Waals surface area (Å²) in [6.45, 7) is 0. The molecule has 0 bridgehead atoms. The highest BCUT2D eigenvalue weighted by Gasteiger charge is 2.15. The summed E-state index contributed by atoms with van der Waals surface area (Å²) in [5.74, 6) is 0. The Labute approximate surface area is 219 Å². The summed E-state index contributed by atoms with van der Waals surface area (Å²) in [5, 5.41) is 21.0. The van der Waals surface area contributed by atoms with Crippen molar-refractivity contribution in [2.75, 3.05) is 0 Å². The van der Waals surface area contributed by atoms with Gasteiger partial charge in [-0.25, -0.2) is 0 Å². The third-order valence-corrected chi connectivity index (χ3v) is 8.57. The van der Waals surface area contributed by atoms with Crippen molar-refractivity contribution in [1.82, 2.24) is 0 Å². The van der Waals surface area contributed by atoms with Gasteiger partial charge in [-0.2, -0.15) is 0 Å².